The lowest BCUT2D eigenvalue weighted by molar-refractivity contribution is 0.222. The van der Waals surface area contributed by atoms with Gasteiger partial charge in [0.05, 0.1) is 19.3 Å². The summed E-state index contributed by atoms with van der Waals surface area (Å²) >= 11 is 0. The predicted molar refractivity (Wildman–Crippen MR) is 70.9 cm³/mol. The zero-order valence-electron chi connectivity index (χ0n) is 11.1. The molecule has 1 rings (SSSR count). The second-order valence-corrected chi connectivity index (χ2v) is 3.96. The van der Waals surface area contributed by atoms with Gasteiger partial charge >= 0.3 is 6.03 Å². The second-order valence-electron chi connectivity index (χ2n) is 3.96. The first-order chi connectivity index (χ1) is 9.10. The van der Waals surface area contributed by atoms with Crippen LogP contribution in [0.15, 0.2) is 18.2 Å². The number of benzene rings is 1. The lowest BCUT2D eigenvalue weighted by Gasteiger charge is -2.15. The highest BCUT2D eigenvalue weighted by atomic mass is 19.1. The van der Waals surface area contributed by atoms with Crippen molar-refractivity contribution in [2.75, 3.05) is 18.5 Å². The Morgan fingerprint density at radius 1 is 1.47 bits per heavy atom. The summed E-state index contributed by atoms with van der Waals surface area (Å²) in [6, 6.07) is 3.40. The lowest BCUT2D eigenvalue weighted by atomic mass is 10.2. The van der Waals surface area contributed by atoms with Gasteiger partial charge in [0.15, 0.2) is 11.6 Å². The average molecular weight is 270 g/mol. The van der Waals surface area contributed by atoms with Crippen molar-refractivity contribution >= 4 is 11.7 Å². The van der Waals surface area contributed by atoms with E-state index in [1.54, 1.807) is 13.0 Å². The van der Waals surface area contributed by atoms with E-state index in [0.717, 1.165) is 0 Å². The molecule has 0 bridgehead atoms. The van der Waals surface area contributed by atoms with Crippen molar-refractivity contribution in [1.29, 1.82) is 0 Å². The van der Waals surface area contributed by atoms with Gasteiger partial charge in [-0.3, -0.25) is 0 Å². The molecule has 1 unspecified atom stereocenters. The maximum Gasteiger partial charge on any atom is 0.319 e. The third kappa shape index (κ3) is 4.75. The molecule has 0 aromatic heterocycles. The van der Waals surface area contributed by atoms with Crippen LogP contribution in [0.2, 0.25) is 0 Å². The predicted octanol–water partition coefficient (Wildman–Crippen LogP) is 2.12. The molecule has 0 fully saturated rings. The van der Waals surface area contributed by atoms with Crippen molar-refractivity contribution in [2.45, 2.75) is 26.3 Å². The minimum absolute atomic E-state index is 0.137. The van der Waals surface area contributed by atoms with Gasteiger partial charge in [-0.1, -0.05) is 6.92 Å². The fourth-order valence-corrected chi connectivity index (χ4v) is 1.48. The molecule has 0 aliphatic heterocycles. The van der Waals surface area contributed by atoms with E-state index in [2.05, 4.69) is 10.6 Å². The summed E-state index contributed by atoms with van der Waals surface area (Å²) in [6.07, 6.45) is 0.613. The number of anilines is 1. The number of nitrogens with one attached hydrogen (secondary N) is 2. The van der Waals surface area contributed by atoms with Crippen molar-refractivity contribution in [3.63, 3.8) is 0 Å². The minimum atomic E-state index is -0.533. The Hall–Kier alpha value is -1.82. The summed E-state index contributed by atoms with van der Waals surface area (Å²) in [5.41, 5.74) is 0.325. The van der Waals surface area contributed by atoms with E-state index >= 15 is 0 Å². The highest BCUT2D eigenvalue weighted by Gasteiger charge is 2.10. The average Bonchev–Trinajstić information content (AvgIpc) is 2.39. The standard InChI is InChI=1S/C13H19FN2O3/c1-3-9(8-17)15-13(18)16-10-5-6-12(19-4-2)11(14)7-10/h5-7,9,17H,3-4,8H2,1-2H3,(H2,15,16,18). The van der Waals surface area contributed by atoms with E-state index < -0.39 is 11.8 Å². The summed E-state index contributed by atoms with van der Waals surface area (Å²) in [7, 11) is 0. The molecule has 1 atom stereocenters. The van der Waals surface area contributed by atoms with Gasteiger partial charge in [-0.05, 0) is 25.5 Å². The first-order valence-electron chi connectivity index (χ1n) is 6.21. The number of amides is 2. The molecule has 0 saturated carbocycles. The van der Waals surface area contributed by atoms with Crippen molar-refractivity contribution in [3.8, 4) is 5.75 Å². The molecule has 5 nitrogen and oxygen atoms in total. The number of ether oxygens (including phenoxy) is 1. The van der Waals surface area contributed by atoms with E-state index in [1.807, 2.05) is 6.92 Å². The number of carbonyl (C=O) groups excluding carboxylic acids is 1. The molecule has 2 amide bonds. The van der Waals surface area contributed by atoms with Crippen LogP contribution in [0, 0.1) is 5.82 Å². The van der Waals surface area contributed by atoms with E-state index in [4.69, 9.17) is 9.84 Å². The fraction of sp³-hybridized carbons (Fsp3) is 0.462. The quantitative estimate of drug-likeness (QED) is 0.741. The highest BCUT2D eigenvalue weighted by molar-refractivity contribution is 5.89. The Balaban J connectivity index is 2.62. The number of rotatable bonds is 6. The molecule has 0 aliphatic carbocycles. The number of aliphatic hydroxyl groups excluding tert-OH is 1. The summed E-state index contributed by atoms with van der Waals surface area (Å²) in [5.74, 6) is -0.385. The van der Waals surface area contributed by atoms with Crippen molar-refractivity contribution in [3.05, 3.63) is 24.0 Å². The Kier molecular flexibility index (Phi) is 6.08. The van der Waals surface area contributed by atoms with E-state index in [9.17, 15) is 9.18 Å². The zero-order chi connectivity index (χ0) is 14.3. The van der Waals surface area contributed by atoms with Gasteiger partial charge < -0.3 is 20.5 Å². The maximum atomic E-state index is 13.5. The van der Waals surface area contributed by atoms with Crippen LogP contribution in [0.25, 0.3) is 0 Å². The van der Waals surface area contributed by atoms with Crippen molar-refractivity contribution in [1.82, 2.24) is 5.32 Å². The summed E-state index contributed by atoms with van der Waals surface area (Å²) < 4.78 is 18.6. The summed E-state index contributed by atoms with van der Waals surface area (Å²) in [4.78, 5) is 11.6. The van der Waals surface area contributed by atoms with E-state index in [1.165, 1.54) is 12.1 Å². The first-order valence-corrected chi connectivity index (χ1v) is 6.21. The molecule has 1 aromatic rings. The Morgan fingerprint density at radius 2 is 2.21 bits per heavy atom. The zero-order valence-corrected chi connectivity index (χ0v) is 11.1. The Labute approximate surface area is 111 Å². The minimum Gasteiger partial charge on any atom is -0.491 e. The number of aliphatic hydroxyl groups is 1. The Morgan fingerprint density at radius 3 is 2.74 bits per heavy atom. The smallest absolute Gasteiger partial charge is 0.319 e. The van der Waals surface area contributed by atoms with Crippen LogP contribution in [0.1, 0.15) is 20.3 Å². The number of carbonyl (C=O) groups is 1. The van der Waals surface area contributed by atoms with Gasteiger partial charge in [-0.2, -0.15) is 0 Å². The number of halogens is 1. The normalized spacial score (nSPS) is 11.8. The van der Waals surface area contributed by atoms with Gasteiger partial charge in [-0.25, -0.2) is 9.18 Å². The number of hydrogen-bond acceptors (Lipinski definition) is 3. The van der Waals surface area contributed by atoms with Gasteiger partial charge in [-0.15, -0.1) is 0 Å². The topological polar surface area (TPSA) is 70.6 Å². The molecule has 0 heterocycles. The molecule has 1 aromatic carbocycles. The second kappa shape index (κ2) is 7.58. The molecular formula is C13H19FN2O3. The molecule has 0 aliphatic rings. The van der Waals surface area contributed by atoms with Gasteiger partial charge in [0.2, 0.25) is 0 Å². The third-order valence-electron chi connectivity index (χ3n) is 2.54. The third-order valence-corrected chi connectivity index (χ3v) is 2.54. The van der Waals surface area contributed by atoms with E-state index in [0.29, 0.717) is 18.7 Å². The van der Waals surface area contributed by atoms with Crippen LogP contribution >= 0.6 is 0 Å². The molecule has 19 heavy (non-hydrogen) atoms. The maximum absolute atomic E-state index is 13.5. The van der Waals surface area contributed by atoms with Crippen LogP contribution < -0.4 is 15.4 Å². The van der Waals surface area contributed by atoms with Gasteiger partial charge in [0, 0.05) is 11.8 Å². The molecular weight excluding hydrogens is 251 g/mol. The van der Waals surface area contributed by atoms with Gasteiger partial charge in [0.25, 0.3) is 0 Å². The molecule has 3 N–H and O–H groups in total. The van der Waals surface area contributed by atoms with Crippen LogP contribution in [-0.2, 0) is 0 Å². The monoisotopic (exact) mass is 270 g/mol. The van der Waals surface area contributed by atoms with E-state index in [-0.39, 0.29) is 18.4 Å². The Bertz CT molecular complexity index is 422. The molecule has 6 heteroatoms. The van der Waals surface area contributed by atoms with Crippen LogP contribution in [0.3, 0.4) is 0 Å². The highest BCUT2D eigenvalue weighted by Crippen LogP contribution is 2.21. The van der Waals surface area contributed by atoms with Gasteiger partial charge in [0.1, 0.15) is 0 Å². The largest absolute Gasteiger partial charge is 0.491 e. The molecule has 106 valence electrons. The molecule has 0 radical (unpaired) electrons. The van der Waals surface area contributed by atoms with Crippen molar-refractivity contribution < 1.29 is 19.0 Å². The molecule has 0 spiro atoms. The van der Waals surface area contributed by atoms with Crippen LogP contribution in [0.5, 0.6) is 5.75 Å². The lowest BCUT2D eigenvalue weighted by Crippen LogP contribution is -2.39. The van der Waals surface area contributed by atoms with Crippen LogP contribution in [-0.4, -0.2) is 30.4 Å². The summed E-state index contributed by atoms with van der Waals surface area (Å²) in [5, 5.41) is 14.0. The molecule has 0 saturated heterocycles. The van der Waals surface area contributed by atoms with Crippen LogP contribution in [0.4, 0.5) is 14.9 Å². The van der Waals surface area contributed by atoms with Crippen molar-refractivity contribution in [2.24, 2.45) is 0 Å². The first kappa shape index (κ1) is 15.2. The number of urea groups is 1. The summed E-state index contributed by atoms with van der Waals surface area (Å²) in [6.45, 7) is 3.84. The fourth-order valence-electron chi connectivity index (χ4n) is 1.48. The SMILES string of the molecule is CCOc1ccc(NC(=O)NC(CC)CO)cc1F. The number of hydrogen-bond donors (Lipinski definition) is 3.